The third-order valence-corrected chi connectivity index (χ3v) is 7.32. The maximum Gasteiger partial charge on any atom is 0.243 e. The van der Waals surface area contributed by atoms with Crippen molar-refractivity contribution in [3.05, 3.63) is 88.9 Å². The summed E-state index contributed by atoms with van der Waals surface area (Å²) < 4.78 is 16.2. The van der Waals surface area contributed by atoms with Gasteiger partial charge in [0.15, 0.2) is 11.5 Å². The van der Waals surface area contributed by atoms with E-state index in [0.717, 1.165) is 5.56 Å². The van der Waals surface area contributed by atoms with E-state index < -0.39 is 17.1 Å². The molecule has 0 bridgehead atoms. The Morgan fingerprint density at radius 3 is 2.74 bits per heavy atom. The fourth-order valence-electron chi connectivity index (χ4n) is 5.70. The Kier molecular flexibility index (Phi) is 4.68. The molecule has 5 aromatic rings. The number of aromatic amines is 1. The van der Waals surface area contributed by atoms with E-state index in [1.54, 1.807) is 42.2 Å². The first-order valence-electron chi connectivity index (χ1n) is 12.1. The highest BCUT2D eigenvalue weighted by molar-refractivity contribution is 6.16. The Labute approximate surface area is 219 Å². The summed E-state index contributed by atoms with van der Waals surface area (Å²) in [6.45, 7) is 1.92. The molecule has 190 valence electrons. The molecule has 2 aromatic carbocycles. The molecule has 2 aliphatic rings. The molecule has 5 heterocycles. The molecular weight excluding hydrogens is 501 g/mol. The van der Waals surface area contributed by atoms with E-state index in [4.69, 9.17) is 5.26 Å². The zero-order chi connectivity index (χ0) is 26.9. The number of nitriles is 1. The van der Waals surface area contributed by atoms with Gasteiger partial charge in [-0.2, -0.15) is 15.0 Å². The van der Waals surface area contributed by atoms with Gasteiger partial charge in [-0.05, 0) is 48.4 Å². The van der Waals surface area contributed by atoms with Crippen molar-refractivity contribution >= 4 is 34.5 Å². The smallest absolute Gasteiger partial charge is 0.243 e. The molecule has 0 aliphatic carbocycles. The quantitative estimate of drug-likeness (QED) is 0.373. The number of anilines is 2. The summed E-state index contributed by atoms with van der Waals surface area (Å²) in [5.41, 5.74) is 2.58. The van der Waals surface area contributed by atoms with Gasteiger partial charge in [0.2, 0.25) is 11.8 Å². The number of fused-ring (bicyclic) bond motifs is 5. The fourth-order valence-corrected chi connectivity index (χ4v) is 5.70. The van der Waals surface area contributed by atoms with Crippen molar-refractivity contribution in [3.63, 3.8) is 0 Å². The van der Waals surface area contributed by atoms with Crippen LogP contribution in [-0.2, 0) is 21.5 Å². The molecule has 0 saturated heterocycles. The summed E-state index contributed by atoms with van der Waals surface area (Å²) in [7, 11) is 0. The summed E-state index contributed by atoms with van der Waals surface area (Å²) in [5, 5.41) is 16.7. The number of aromatic nitrogens is 6. The molecule has 2 amide bonds. The van der Waals surface area contributed by atoms with Crippen molar-refractivity contribution in [2.75, 3.05) is 10.2 Å². The minimum Gasteiger partial charge on any atom is -0.340 e. The third kappa shape index (κ3) is 3.13. The molecule has 1 spiro atoms. The van der Waals surface area contributed by atoms with E-state index in [2.05, 4.69) is 36.4 Å². The summed E-state index contributed by atoms with van der Waals surface area (Å²) >= 11 is 0. The minimum absolute atomic E-state index is 0.176. The lowest BCUT2D eigenvalue weighted by molar-refractivity contribution is -0.126. The van der Waals surface area contributed by atoms with Crippen molar-refractivity contribution in [3.8, 4) is 11.9 Å². The molecule has 0 radical (unpaired) electrons. The summed E-state index contributed by atoms with van der Waals surface area (Å²) in [4.78, 5) is 44.9. The van der Waals surface area contributed by atoms with Crippen LogP contribution in [0.2, 0.25) is 0 Å². The molecule has 1 unspecified atom stereocenters. The third-order valence-electron chi connectivity index (χ3n) is 7.32. The Hall–Kier alpha value is -5.44. The van der Waals surface area contributed by atoms with Crippen LogP contribution in [0, 0.1) is 24.1 Å². The van der Waals surface area contributed by atoms with E-state index in [9.17, 15) is 14.0 Å². The van der Waals surface area contributed by atoms with E-state index in [1.165, 1.54) is 29.5 Å². The average molecular weight is 520 g/mol. The highest BCUT2D eigenvalue weighted by Crippen LogP contribution is 2.54. The SMILES string of the molecule is Cc1nn(-c2ncnc3nc[nH]c23)c2c1C1(CC(=O)N2)C(=O)N(Cc2ccc(C#N)cc2)c2ccc(F)cc21. The van der Waals surface area contributed by atoms with E-state index in [1.807, 2.05) is 0 Å². The number of hydrogen-bond donors (Lipinski definition) is 2. The summed E-state index contributed by atoms with van der Waals surface area (Å²) in [5.74, 6) is -0.669. The first-order valence-corrected chi connectivity index (χ1v) is 12.1. The average Bonchev–Trinajstić information content (AvgIpc) is 3.60. The van der Waals surface area contributed by atoms with Gasteiger partial charge in [0, 0.05) is 17.7 Å². The van der Waals surface area contributed by atoms with Gasteiger partial charge in [-0.15, -0.1) is 0 Å². The molecule has 2 aliphatic heterocycles. The minimum atomic E-state index is -1.50. The molecule has 0 fully saturated rings. The highest BCUT2D eigenvalue weighted by Gasteiger charge is 2.58. The van der Waals surface area contributed by atoms with Gasteiger partial charge in [0.1, 0.15) is 28.9 Å². The van der Waals surface area contributed by atoms with Crippen LogP contribution in [0.4, 0.5) is 15.9 Å². The summed E-state index contributed by atoms with van der Waals surface area (Å²) in [6.07, 6.45) is 2.61. The molecule has 3 aromatic heterocycles. The number of carbonyl (C=O) groups excluding carboxylic acids is 2. The second kappa shape index (κ2) is 8.03. The first kappa shape index (κ1) is 22.7. The second-order valence-corrected chi connectivity index (χ2v) is 9.51. The normalized spacial score (nSPS) is 17.8. The number of nitrogens with zero attached hydrogens (tertiary/aromatic N) is 7. The molecule has 11 nitrogen and oxygen atoms in total. The number of carbonyl (C=O) groups is 2. The van der Waals surface area contributed by atoms with Crippen molar-refractivity contribution in [1.82, 2.24) is 29.7 Å². The van der Waals surface area contributed by atoms with Crippen molar-refractivity contribution in [1.29, 1.82) is 5.26 Å². The maximum absolute atomic E-state index is 14.7. The number of amides is 2. The van der Waals surface area contributed by atoms with Gasteiger partial charge in [-0.25, -0.2) is 19.3 Å². The first-order chi connectivity index (χ1) is 18.9. The van der Waals surface area contributed by atoms with Crippen LogP contribution >= 0.6 is 0 Å². The Morgan fingerprint density at radius 1 is 1.13 bits per heavy atom. The van der Waals surface area contributed by atoms with E-state index >= 15 is 0 Å². The lowest BCUT2D eigenvalue weighted by Crippen LogP contribution is -2.46. The van der Waals surface area contributed by atoms with Crippen LogP contribution < -0.4 is 10.2 Å². The topological polar surface area (TPSA) is 145 Å². The molecule has 39 heavy (non-hydrogen) atoms. The van der Waals surface area contributed by atoms with Gasteiger partial charge in [0.25, 0.3) is 0 Å². The van der Waals surface area contributed by atoms with Gasteiger partial charge in [0.05, 0.1) is 30.2 Å². The lowest BCUT2D eigenvalue weighted by atomic mass is 9.70. The monoisotopic (exact) mass is 519 g/mol. The zero-order valence-electron chi connectivity index (χ0n) is 20.4. The van der Waals surface area contributed by atoms with Gasteiger partial charge in [-0.3, -0.25) is 9.59 Å². The number of halogens is 1. The Morgan fingerprint density at radius 2 is 1.95 bits per heavy atom. The Bertz CT molecular complexity index is 1890. The number of benzene rings is 2. The number of imidazole rings is 1. The Balaban J connectivity index is 1.44. The van der Waals surface area contributed by atoms with Crippen molar-refractivity contribution in [2.24, 2.45) is 0 Å². The molecular formula is C27H18FN9O2. The van der Waals surface area contributed by atoms with E-state index in [-0.39, 0.29) is 24.7 Å². The van der Waals surface area contributed by atoms with E-state index in [0.29, 0.717) is 45.1 Å². The number of aryl methyl sites for hydroxylation is 1. The zero-order valence-corrected chi connectivity index (χ0v) is 20.4. The van der Waals surface area contributed by atoms with Gasteiger partial charge in [-0.1, -0.05) is 12.1 Å². The predicted molar refractivity (Wildman–Crippen MR) is 136 cm³/mol. The number of hydrogen-bond acceptors (Lipinski definition) is 7. The van der Waals surface area contributed by atoms with Crippen LogP contribution in [-0.4, -0.2) is 41.5 Å². The molecule has 7 rings (SSSR count). The fraction of sp³-hybridized carbons (Fsp3) is 0.148. The van der Waals surface area contributed by atoms with Crippen LogP contribution in [0.5, 0.6) is 0 Å². The molecule has 1 atom stereocenters. The largest absolute Gasteiger partial charge is 0.340 e. The number of H-pyrrole nitrogens is 1. The van der Waals surface area contributed by atoms with Crippen LogP contribution in [0.15, 0.2) is 55.1 Å². The maximum atomic E-state index is 14.7. The number of nitrogens with one attached hydrogen (secondary N) is 2. The van der Waals surface area contributed by atoms with Crippen molar-refractivity contribution < 1.29 is 14.0 Å². The van der Waals surface area contributed by atoms with Crippen LogP contribution in [0.1, 0.15) is 34.4 Å². The predicted octanol–water partition coefficient (Wildman–Crippen LogP) is 3.03. The lowest BCUT2D eigenvalue weighted by Gasteiger charge is -2.33. The molecule has 2 N–H and O–H groups in total. The standard InChI is InChI=1S/C27H18FN9O2/c1-14-21-24(37(35-14)25-22-23(31-12-30-22)32-13-33-25)34-20(38)9-27(21)18-8-17(28)6-7-19(18)36(26(27)39)11-16-4-2-15(10-29)3-5-16/h2-8,12-13H,9,11H2,1H3,(H,34,38)(H,30,31,32,33). The second-order valence-electron chi connectivity index (χ2n) is 9.51. The van der Waals surface area contributed by atoms with Gasteiger partial charge >= 0.3 is 0 Å². The van der Waals surface area contributed by atoms with Crippen molar-refractivity contribution in [2.45, 2.75) is 25.3 Å². The van der Waals surface area contributed by atoms with Crippen LogP contribution in [0.25, 0.3) is 17.0 Å². The summed E-state index contributed by atoms with van der Waals surface area (Å²) in [6, 6.07) is 13.2. The van der Waals surface area contributed by atoms with Crippen LogP contribution in [0.3, 0.4) is 0 Å². The number of rotatable bonds is 3. The highest BCUT2D eigenvalue weighted by atomic mass is 19.1. The molecule has 0 saturated carbocycles. The molecule has 12 heteroatoms. The van der Waals surface area contributed by atoms with Gasteiger partial charge < -0.3 is 15.2 Å².